The summed E-state index contributed by atoms with van der Waals surface area (Å²) in [5.41, 5.74) is -0.102. The second-order valence-electron chi connectivity index (χ2n) is 7.93. The van der Waals surface area contributed by atoms with E-state index in [4.69, 9.17) is 4.74 Å². The average molecular weight is 417 g/mol. The van der Waals surface area contributed by atoms with Crippen LogP contribution in [0.2, 0.25) is 0 Å². The number of esters is 1. The van der Waals surface area contributed by atoms with Crippen LogP contribution >= 0.6 is 0 Å². The minimum absolute atomic E-state index is 0.0948. The van der Waals surface area contributed by atoms with E-state index in [1.54, 1.807) is 31.2 Å². The van der Waals surface area contributed by atoms with Crippen LogP contribution < -0.4 is 10.6 Å². The molecule has 30 heavy (non-hydrogen) atoms. The summed E-state index contributed by atoms with van der Waals surface area (Å²) in [6.45, 7) is 5.96. The molecule has 1 aliphatic rings. The van der Waals surface area contributed by atoms with Gasteiger partial charge in [-0.15, -0.1) is 0 Å². The van der Waals surface area contributed by atoms with Crippen molar-refractivity contribution in [1.29, 1.82) is 0 Å². The molecule has 1 aliphatic heterocycles. The molecule has 0 aliphatic carbocycles. The maximum atomic E-state index is 12.6. The summed E-state index contributed by atoms with van der Waals surface area (Å²) < 4.78 is 4.88. The Kier molecular flexibility index (Phi) is 7.31. The minimum atomic E-state index is -1.05. The normalized spacial score (nSPS) is 18.4. The van der Waals surface area contributed by atoms with Crippen molar-refractivity contribution in [2.24, 2.45) is 5.92 Å². The number of rotatable bonds is 9. The van der Waals surface area contributed by atoms with Crippen LogP contribution in [0.5, 0.6) is 0 Å². The van der Waals surface area contributed by atoms with Crippen LogP contribution in [0.15, 0.2) is 24.3 Å². The number of nitrogens with one attached hydrogen (secondary N) is 2. The van der Waals surface area contributed by atoms with Gasteiger partial charge in [0.25, 0.3) is 11.8 Å². The lowest BCUT2D eigenvalue weighted by atomic mass is 9.92. The number of urea groups is 1. The Morgan fingerprint density at radius 3 is 2.37 bits per heavy atom. The molecule has 9 nitrogen and oxygen atoms in total. The number of imide groups is 1. The summed E-state index contributed by atoms with van der Waals surface area (Å²) in [4.78, 5) is 60.7. The number of hydrogen-bond donors (Lipinski definition) is 2. The molecule has 162 valence electrons. The first-order valence-corrected chi connectivity index (χ1v) is 9.72. The fourth-order valence-electron chi connectivity index (χ4n) is 2.94. The quantitative estimate of drug-likeness (QED) is 0.361. The Balaban J connectivity index is 1.83. The molecule has 1 fully saturated rings. The molecule has 1 aromatic carbocycles. The van der Waals surface area contributed by atoms with Crippen LogP contribution in [0.3, 0.4) is 0 Å². The van der Waals surface area contributed by atoms with Crippen molar-refractivity contribution >= 4 is 35.3 Å². The molecule has 2 rings (SSSR count). The van der Waals surface area contributed by atoms with E-state index in [0.717, 1.165) is 11.3 Å². The van der Waals surface area contributed by atoms with E-state index in [-0.39, 0.29) is 5.78 Å². The van der Waals surface area contributed by atoms with Crippen LogP contribution in [-0.4, -0.2) is 53.2 Å². The highest BCUT2D eigenvalue weighted by molar-refractivity contribution is 6.08. The Morgan fingerprint density at radius 1 is 1.17 bits per heavy atom. The minimum Gasteiger partial charge on any atom is -0.454 e. The first kappa shape index (κ1) is 23.1. The predicted octanol–water partition coefficient (Wildman–Crippen LogP) is 2.12. The average Bonchev–Trinajstić information content (AvgIpc) is 2.89. The van der Waals surface area contributed by atoms with Gasteiger partial charge in [0.1, 0.15) is 12.1 Å². The van der Waals surface area contributed by atoms with Crippen molar-refractivity contribution in [3.8, 4) is 0 Å². The molecule has 2 N–H and O–H groups in total. The lowest BCUT2D eigenvalue weighted by Gasteiger charge is -2.22. The van der Waals surface area contributed by atoms with Crippen LogP contribution in [0.1, 0.15) is 50.9 Å². The Morgan fingerprint density at radius 2 is 1.80 bits per heavy atom. The number of nitrogens with zero attached hydrogens (tertiary/aromatic N) is 1. The third kappa shape index (κ3) is 5.88. The molecule has 0 spiro atoms. The number of Topliss-reactive ketones (excluding diaryl/α,β-unsaturated/α-hetero) is 1. The van der Waals surface area contributed by atoms with Gasteiger partial charge in [-0.05, 0) is 56.9 Å². The monoisotopic (exact) mass is 417 g/mol. The number of carbonyl (C=O) groups excluding carboxylic acids is 5. The van der Waals surface area contributed by atoms with E-state index >= 15 is 0 Å². The molecule has 0 aromatic heterocycles. The maximum absolute atomic E-state index is 12.6. The van der Waals surface area contributed by atoms with Gasteiger partial charge in [-0.25, -0.2) is 4.79 Å². The second kappa shape index (κ2) is 9.51. The van der Waals surface area contributed by atoms with Gasteiger partial charge in [0, 0.05) is 11.3 Å². The SMILES string of the molecule is CC(=O)c1ccc(NC(=O)COC(=O)CN2C(=O)N[C@@](C)(CCC(C)C)C2=O)cc1. The van der Waals surface area contributed by atoms with Gasteiger partial charge in [-0.3, -0.25) is 24.1 Å². The molecule has 1 aromatic rings. The number of ketones is 1. The zero-order valence-corrected chi connectivity index (χ0v) is 17.6. The summed E-state index contributed by atoms with van der Waals surface area (Å²) in [5, 5.41) is 5.15. The van der Waals surface area contributed by atoms with Gasteiger partial charge in [0.05, 0.1) is 0 Å². The van der Waals surface area contributed by atoms with Crippen molar-refractivity contribution in [2.45, 2.75) is 46.1 Å². The molecule has 1 saturated heterocycles. The van der Waals surface area contributed by atoms with Gasteiger partial charge in [0.2, 0.25) is 0 Å². The predicted molar refractivity (Wildman–Crippen MR) is 109 cm³/mol. The van der Waals surface area contributed by atoms with Gasteiger partial charge >= 0.3 is 12.0 Å². The highest BCUT2D eigenvalue weighted by atomic mass is 16.5. The van der Waals surface area contributed by atoms with Crippen molar-refractivity contribution in [3.63, 3.8) is 0 Å². The van der Waals surface area contributed by atoms with Crippen molar-refractivity contribution < 1.29 is 28.7 Å². The number of carbonyl (C=O) groups is 5. The largest absolute Gasteiger partial charge is 0.454 e. The first-order valence-electron chi connectivity index (χ1n) is 9.72. The summed E-state index contributed by atoms with van der Waals surface area (Å²) in [7, 11) is 0. The van der Waals surface area contributed by atoms with E-state index in [1.165, 1.54) is 6.92 Å². The lowest BCUT2D eigenvalue weighted by molar-refractivity contribution is -0.150. The van der Waals surface area contributed by atoms with Crippen molar-refractivity contribution in [3.05, 3.63) is 29.8 Å². The molecule has 1 heterocycles. The Hall–Kier alpha value is -3.23. The molecule has 9 heteroatoms. The van der Waals surface area contributed by atoms with Gasteiger partial charge in [0.15, 0.2) is 12.4 Å². The zero-order chi connectivity index (χ0) is 22.5. The standard InChI is InChI=1S/C21H27N3O6/c1-13(2)9-10-21(4)19(28)24(20(29)23-21)11-18(27)30-12-17(26)22-16-7-5-15(6-8-16)14(3)25/h5-8,13H,9-12H2,1-4H3,(H,22,26)(H,23,29)/t21-/m0/s1. The van der Waals surface area contributed by atoms with Crippen LogP contribution in [0.25, 0.3) is 0 Å². The highest BCUT2D eigenvalue weighted by Crippen LogP contribution is 2.24. The molecular formula is C21H27N3O6. The Bertz CT molecular complexity index is 849. The Labute approximate surface area is 175 Å². The number of hydrogen-bond acceptors (Lipinski definition) is 6. The van der Waals surface area contributed by atoms with Gasteiger partial charge in [-0.1, -0.05) is 13.8 Å². The van der Waals surface area contributed by atoms with Gasteiger partial charge in [-0.2, -0.15) is 0 Å². The van der Waals surface area contributed by atoms with E-state index in [0.29, 0.717) is 23.6 Å². The summed E-state index contributed by atoms with van der Waals surface area (Å²) in [5.74, 6) is -1.67. The molecule has 0 bridgehead atoms. The van der Waals surface area contributed by atoms with Crippen molar-refractivity contribution in [2.75, 3.05) is 18.5 Å². The first-order chi connectivity index (χ1) is 14.0. The number of benzene rings is 1. The molecule has 1 atom stereocenters. The molecule has 4 amide bonds. The molecule has 0 radical (unpaired) electrons. The molecular weight excluding hydrogens is 390 g/mol. The smallest absolute Gasteiger partial charge is 0.326 e. The van der Waals surface area contributed by atoms with Crippen LogP contribution in [0, 0.1) is 5.92 Å². The second-order valence-corrected chi connectivity index (χ2v) is 7.93. The molecule has 0 saturated carbocycles. The summed E-state index contributed by atoms with van der Waals surface area (Å²) >= 11 is 0. The van der Waals surface area contributed by atoms with Crippen LogP contribution in [-0.2, 0) is 19.1 Å². The number of amides is 4. The molecule has 0 unspecified atom stereocenters. The van der Waals surface area contributed by atoms with Crippen molar-refractivity contribution in [1.82, 2.24) is 10.2 Å². The fraction of sp³-hybridized carbons (Fsp3) is 0.476. The third-order valence-corrected chi connectivity index (χ3v) is 4.79. The topological polar surface area (TPSA) is 122 Å². The van der Waals surface area contributed by atoms with E-state index < -0.39 is 42.5 Å². The van der Waals surface area contributed by atoms with E-state index in [1.807, 2.05) is 13.8 Å². The summed E-state index contributed by atoms with van der Waals surface area (Å²) in [6, 6.07) is 5.59. The number of anilines is 1. The number of ether oxygens (including phenoxy) is 1. The highest BCUT2D eigenvalue weighted by Gasteiger charge is 2.48. The summed E-state index contributed by atoms with van der Waals surface area (Å²) in [6.07, 6.45) is 1.21. The fourth-order valence-corrected chi connectivity index (χ4v) is 2.94. The van der Waals surface area contributed by atoms with E-state index in [2.05, 4.69) is 10.6 Å². The third-order valence-electron chi connectivity index (χ3n) is 4.79. The lowest BCUT2D eigenvalue weighted by Crippen LogP contribution is -2.44. The van der Waals surface area contributed by atoms with E-state index in [9.17, 15) is 24.0 Å². The maximum Gasteiger partial charge on any atom is 0.326 e. The van der Waals surface area contributed by atoms with Gasteiger partial charge < -0.3 is 15.4 Å². The van der Waals surface area contributed by atoms with Crippen LogP contribution in [0.4, 0.5) is 10.5 Å². The zero-order valence-electron chi connectivity index (χ0n) is 17.6.